The number of nitrogens with one attached hydrogen (secondary N) is 1. The number of primary amides is 1. The number of fused-ring (bicyclic) bond motifs is 1. The Morgan fingerprint density at radius 3 is 2.23 bits per heavy atom. The molecule has 0 spiro atoms. The number of carboxylic acid groups (broad SMARTS) is 1. The summed E-state index contributed by atoms with van der Waals surface area (Å²) >= 11 is 1.55. The molecule has 53 heavy (non-hydrogen) atoms. The lowest BCUT2D eigenvalue weighted by Crippen LogP contribution is -2.50. The van der Waals surface area contributed by atoms with Crippen LogP contribution in [0.3, 0.4) is 0 Å². The smallest absolute Gasteiger partial charge is 0.430 e. The van der Waals surface area contributed by atoms with Gasteiger partial charge in [-0.3, -0.25) is 4.79 Å². The lowest BCUT2D eigenvalue weighted by atomic mass is 10.0. The zero-order valence-electron chi connectivity index (χ0n) is 28.6. The largest absolute Gasteiger partial charge is 0.542 e. The molecule has 1 atom stereocenters. The number of alkyl halides is 3. The maximum absolute atomic E-state index is 14.1. The van der Waals surface area contributed by atoms with Crippen LogP contribution in [-0.2, 0) is 33.8 Å². The predicted molar refractivity (Wildman–Crippen MR) is 183 cm³/mol. The third-order valence-electron chi connectivity index (χ3n) is 7.50. The number of thiazole rings is 1. The number of nitrogens with zero attached hydrogens (tertiary/aromatic N) is 3. The number of amides is 3. The molecule has 5 aromatic rings. The van der Waals surface area contributed by atoms with E-state index < -0.39 is 36.1 Å². The Kier molecular flexibility index (Phi) is 12.8. The Morgan fingerprint density at radius 2 is 1.66 bits per heavy atom. The minimum atomic E-state index is -5.19. The van der Waals surface area contributed by atoms with Crippen molar-refractivity contribution in [2.24, 2.45) is 5.73 Å². The number of carboxylic acids is 1. The molecule has 0 saturated carbocycles. The van der Waals surface area contributed by atoms with Gasteiger partial charge in [0, 0.05) is 17.0 Å². The molecular formula is C36H35F4N5O7S. The summed E-state index contributed by atoms with van der Waals surface area (Å²) in [5, 5.41) is 21.4. The van der Waals surface area contributed by atoms with Crippen LogP contribution >= 0.6 is 11.3 Å². The Bertz CT molecular complexity index is 2080. The molecule has 12 nitrogen and oxygen atoms in total. The van der Waals surface area contributed by atoms with Crippen molar-refractivity contribution in [1.29, 1.82) is 0 Å². The fourth-order valence-corrected chi connectivity index (χ4v) is 6.07. The third-order valence-corrected chi connectivity index (χ3v) is 8.54. The number of carbonyl (C=O) groups is 4. The number of aliphatic carboxylic acids is 1. The van der Waals surface area contributed by atoms with Crippen LogP contribution in [0.4, 0.5) is 28.0 Å². The summed E-state index contributed by atoms with van der Waals surface area (Å²) in [5.41, 5.74) is 8.76. The number of esters is 1. The number of aromatic nitrogens is 2. The van der Waals surface area contributed by atoms with Gasteiger partial charge < -0.3 is 35.7 Å². The molecule has 0 saturated heterocycles. The van der Waals surface area contributed by atoms with Gasteiger partial charge in [-0.05, 0) is 80.4 Å². The zero-order valence-corrected chi connectivity index (χ0v) is 29.4. The van der Waals surface area contributed by atoms with Gasteiger partial charge in [0.2, 0.25) is 5.91 Å². The van der Waals surface area contributed by atoms with E-state index in [2.05, 4.69) is 5.32 Å². The van der Waals surface area contributed by atoms with Gasteiger partial charge in [-0.1, -0.05) is 35.6 Å². The summed E-state index contributed by atoms with van der Waals surface area (Å²) in [7, 11) is 0. The number of urea groups is 1. The van der Waals surface area contributed by atoms with Crippen LogP contribution < -0.4 is 20.6 Å². The molecule has 0 aliphatic rings. The second kappa shape index (κ2) is 17.0. The van der Waals surface area contributed by atoms with Gasteiger partial charge in [0.15, 0.2) is 5.69 Å². The number of ether oxygens (including phenoxy) is 1. The summed E-state index contributed by atoms with van der Waals surface area (Å²) < 4.78 is 54.8. The Balaban J connectivity index is 0.000000815. The number of phenols is 1. The number of hydrogen-bond acceptors (Lipinski definition) is 8. The molecule has 3 amide bonds. The van der Waals surface area contributed by atoms with Gasteiger partial charge in [-0.15, -0.1) is 0 Å². The lowest BCUT2D eigenvalue weighted by molar-refractivity contribution is -0.506. The monoisotopic (exact) mass is 757 g/mol. The van der Waals surface area contributed by atoms with E-state index in [1.54, 1.807) is 67.6 Å². The fraction of sp³-hybridized carbons (Fsp3) is 0.250. The van der Waals surface area contributed by atoms with E-state index in [9.17, 15) is 37.1 Å². The van der Waals surface area contributed by atoms with Gasteiger partial charge >= 0.3 is 23.1 Å². The maximum Gasteiger partial charge on any atom is 0.430 e. The van der Waals surface area contributed by atoms with Crippen molar-refractivity contribution < 1.29 is 56.1 Å². The summed E-state index contributed by atoms with van der Waals surface area (Å²) in [4.78, 5) is 51.4. The van der Waals surface area contributed by atoms with Crippen molar-refractivity contribution in [1.82, 2.24) is 9.47 Å². The van der Waals surface area contributed by atoms with E-state index >= 15 is 0 Å². The number of carbonyl (C=O) groups excluding carboxylic acids is 4. The predicted octanol–water partition coefficient (Wildman–Crippen LogP) is 4.48. The maximum atomic E-state index is 14.1. The SMILES string of the molecule is Cc1c[n+]2cc(CN(C(=O)Nc3ccc(C(=O)OC(C)C)cc3)[C@@H](Cc3ccc(O)cc3)C(N)=O)n(Cc3cccc(F)c3)c2s1.O=C([O-])C(F)(F)F. The minimum absolute atomic E-state index is 0.0148. The number of aryl methyl sites for hydroxylation is 1. The number of imidazole rings is 1. The highest BCUT2D eigenvalue weighted by molar-refractivity contribution is 7.16. The van der Waals surface area contributed by atoms with E-state index in [1.165, 1.54) is 29.2 Å². The van der Waals surface area contributed by atoms with Gasteiger partial charge in [0.05, 0.1) is 18.2 Å². The molecule has 3 aromatic carbocycles. The van der Waals surface area contributed by atoms with E-state index in [4.69, 9.17) is 20.4 Å². The molecule has 280 valence electrons. The zero-order chi connectivity index (χ0) is 39.0. The van der Waals surface area contributed by atoms with E-state index in [0.717, 1.165) is 15.4 Å². The highest BCUT2D eigenvalue weighted by Gasteiger charge is 2.33. The van der Waals surface area contributed by atoms with Gasteiger partial charge in [-0.2, -0.15) is 17.6 Å². The molecule has 17 heteroatoms. The van der Waals surface area contributed by atoms with Crippen molar-refractivity contribution in [3.63, 3.8) is 0 Å². The number of halogens is 4. The normalized spacial score (nSPS) is 11.8. The molecule has 2 aromatic heterocycles. The van der Waals surface area contributed by atoms with Gasteiger partial charge in [-0.25, -0.2) is 18.5 Å². The highest BCUT2D eigenvalue weighted by atomic mass is 32.1. The van der Waals surface area contributed by atoms with Crippen LogP contribution in [0.1, 0.15) is 45.9 Å². The average Bonchev–Trinajstić information content (AvgIpc) is 3.58. The molecule has 0 unspecified atom stereocenters. The molecule has 0 fully saturated rings. The first-order valence-electron chi connectivity index (χ1n) is 15.9. The molecular weight excluding hydrogens is 722 g/mol. The third kappa shape index (κ3) is 11.0. The molecule has 5 rings (SSSR count). The average molecular weight is 758 g/mol. The minimum Gasteiger partial charge on any atom is -0.542 e. The van der Waals surface area contributed by atoms with E-state index in [-0.39, 0.29) is 30.6 Å². The quantitative estimate of drug-likeness (QED) is 0.101. The van der Waals surface area contributed by atoms with E-state index in [0.29, 0.717) is 29.1 Å². The molecule has 0 aliphatic heterocycles. The Labute approximate surface area is 304 Å². The van der Waals surface area contributed by atoms with Crippen molar-refractivity contribution in [2.75, 3.05) is 5.32 Å². The molecule has 0 aliphatic carbocycles. The van der Waals surface area contributed by atoms with Crippen LogP contribution in [0, 0.1) is 12.7 Å². The molecule has 2 heterocycles. The van der Waals surface area contributed by atoms with Crippen molar-refractivity contribution >= 4 is 45.9 Å². The standard InChI is InChI=1S/C34H34FN5O5S.C2HF3O2/c1-21(2)45-32(43)25-9-11-27(12-10-25)37-33(44)40(30(31(36)42)16-23-7-13-29(41)14-8-23)20-28-19-38-17-22(3)46-34(38)39(28)18-24-5-4-6-26(35)15-24;3-2(4,5)1(6)7/h4-15,17,19,21,30H,16,18,20H2,1-3H3,(H3-,36,37,41,42,43,44);(H,6,7)/t30-;/m0./s1. The Morgan fingerprint density at radius 1 is 1.02 bits per heavy atom. The van der Waals surface area contributed by atoms with Crippen LogP contribution in [0.15, 0.2) is 85.2 Å². The van der Waals surface area contributed by atoms with Crippen LogP contribution in [0.2, 0.25) is 0 Å². The number of aromatic hydroxyl groups is 1. The van der Waals surface area contributed by atoms with Crippen LogP contribution in [-0.4, -0.2) is 56.8 Å². The van der Waals surface area contributed by atoms with E-state index in [1.807, 2.05) is 34.4 Å². The van der Waals surface area contributed by atoms with Crippen molar-refractivity contribution in [3.05, 3.63) is 118 Å². The van der Waals surface area contributed by atoms with Gasteiger partial charge in [0.25, 0.3) is 0 Å². The van der Waals surface area contributed by atoms with Crippen LogP contribution in [0.25, 0.3) is 4.96 Å². The summed E-state index contributed by atoms with van der Waals surface area (Å²) in [6.45, 7) is 5.81. The second-order valence-corrected chi connectivity index (χ2v) is 13.2. The second-order valence-electron chi connectivity index (χ2n) is 12.0. The first-order chi connectivity index (χ1) is 24.9. The number of benzene rings is 3. The summed E-state index contributed by atoms with van der Waals surface area (Å²) in [6.07, 6.45) is -1.54. The first-order valence-corrected chi connectivity index (χ1v) is 16.7. The first kappa shape index (κ1) is 39.8. The van der Waals surface area contributed by atoms with Gasteiger partial charge in [0.1, 0.15) is 42.5 Å². The number of nitrogens with two attached hydrogens (primary N) is 1. The number of phenolic OH excluding ortho intramolecular Hbond substituents is 1. The number of hydrogen-bond donors (Lipinski definition) is 3. The molecule has 4 N–H and O–H groups in total. The lowest BCUT2D eigenvalue weighted by Gasteiger charge is -2.29. The number of anilines is 1. The summed E-state index contributed by atoms with van der Waals surface area (Å²) in [6, 6.07) is 17.2. The Hall–Kier alpha value is -5.97. The van der Waals surface area contributed by atoms with Crippen LogP contribution in [0.5, 0.6) is 5.75 Å². The summed E-state index contributed by atoms with van der Waals surface area (Å²) in [5.74, 6) is -4.50. The van der Waals surface area contributed by atoms with Crippen molar-refractivity contribution in [2.45, 2.75) is 58.6 Å². The molecule has 0 bridgehead atoms. The molecule has 0 radical (unpaired) electrons. The fourth-order valence-electron chi connectivity index (χ4n) is 5.11. The number of rotatable bonds is 11. The topological polar surface area (TPSA) is 171 Å². The van der Waals surface area contributed by atoms with Crippen molar-refractivity contribution in [3.8, 4) is 5.75 Å². The highest BCUT2D eigenvalue weighted by Crippen LogP contribution is 2.23.